The highest BCUT2D eigenvalue weighted by atomic mass is 16.5. The van der Waals surface area contributed by atoms with Crippen molar-refractivity contribution in [3.63, 3.8) is 0 Å². The van der Waals surface area contributed by atoms with Gasteiger partial charge >= 0.3 is 0 Å². The summed E-state index contributed by atoms with van der Waals surface area (Å²) in [6.45, 7) is 14.0. The van der Waals surface area contributed by atoms with Crippen LogP contribution in [0, 0.1) is 0 Å². The van der Waals surface area contributed by atoms with Gasteiger partial charge in [-0.1, -0.05) is 205 Å². The van der Waals surface area contributed by atoms with Crippen LogP contribution in [0.3, 0.4) is 0 Å². The Morgan fingerprint density at radius 2 is 0.975 bits per heavy atom. The molecule has 15 rings (SSSR count). The van der Waals surface area contributed by atoms with Gasteiger partial charge in [0.25, 0.3) is 0 Å². The summed E-state index contributed by atoms with van der Waals surface area (Å²) >= 11 is 0. The zero-order chi connectivity index (χ0) is 54.9. The third-order valence-corrected chi connectivity index (χ3v) is 16.6. The molecule has 0 N–H and O–H groups in total. The van der Waals surface area contributed by atoms with E-state index in [4.69, 9.17) is 11.1 Å². The molecule has 10 aromatic carbocycles. The molecular formula is C74H59N5O. The Morgan fingerprint density at radius 1 is 0.425 bits per heavy atom. The quantitative estimate of drug-likeness (QED) is 0.167. The lowest BCUT2D eigenvalue weighted by Gasteiger charge is -2.22. The summed E-state index contributed by atoms with van der Waals surface area (Å²) in [7, 11) is 0. The first kappa shape index (κ1) is 46.4. The number of fused-ring (bicyclic) bond motifs is 13. The van der Waals surface area contributed by atoms with Crippen molar-refractivity contribution in [3.8, 4) is 34.1 Å². The molecule has 0 amide bonds. The molecule has 5 heterocycles. The molecule has 0 saturated carbocycles. The first-order valence-electron chi connectivity index (χ1n) is 28.3. The van der Waals surface area contributed by atoms with Crippen LogP contribution in [0.5, 0.6) is 11.5 Å². The molecule has 0 saturated heterocycles. The summed E-state index contributed by atoms with van der Waals surface area (Å²) in [5.74, 6) is 2.28. The van der Waals surface area contributed by atoms with Crippen LogP contribution in [0.25, 0.3) is 110 Å². The van der Waals surface area contributed by atoms with Gasteiger partial charge in [-0.05, 0) is 97.6 Å². The average molecular weight is 1040 g/mol. The Morgan fingerprint density at radius 3 is 1.64 bits per heavy atom. The second-order valence-electron chi connectivity index (χ2n) is 23.5. The number of nitrogens with zero attached hydrogens (tertiary/aromatic N) is 5. The molecule has 6 heteroatoms. The molecule has 0 bridgehead atoms. The van der Waals surface area contributed by atoms with Crippen LogP contribution in [0.15, 0.2) is 237 Å². The van der Waals surface area contributed by atoms with Crippen molar-refractivity contribution < 1.29 is 6.11 Å². The SMILES string of the molecule is [2H]c1cc(-c2cccc3c4ccccc4c4ccccc4c4cccc5c4n(c23)CN5c2cccc(Oc3cc(-n4c5ccccc5c5ccccc54)c4c5ccccc5n(-c5cc(C(C)(C)C)ccn5)c4c3)c2)cc(C(C)(C)C)c1. The van der Waals surface area contributed by atoms with Crippen molar-refractivity contribution in [2.45, 2.75) is 59.0 Å². The fourth-order valence-corrected chi connectivity index (χ4v) is 12.8. The van der Waals surface area contributed by atoms with Crippen LogP contribution in [-0.2, 0) is 17.5 Å². The first-order chi connectivity index (χ1) is 39.4. The van der Waals surface area contributed by atoms with Gasteiger partial charge < -0.3 is 18.8 Å². The summed E-state index contributed by atoms with van der Waals surface area (Å²) in [6, 6.07) is 81.5. The molecule has 6 nitrogen and oxygen atoms in total. The molecule has 0 fully saturated rings. The number of anilines is 2. The van der Waals surface area contributed by atoms with E-state index in [1.807, 2.05) is 18.3 Å². The molecule has 14 aromatic rings. The summed E-state index contributed by atoms with van der Waals surface area (Å²) < 4.78 is 23.7. The van der Waals surface area contributed by atoms with Crippen LogP contribution >= 0.6 is 0 Å². The summed E-state index contributed by atoms with van der Waals surface area (Å²) in [5.41, 5.74) is 13.9. The van der Waals surface area contributed by atoms with Gasteiger partial charge in [-0.2, -0.15) is 0 Å². The Labute approximate surface area is 466 Å². The summed E-state index contributed by atoms with van der Waals surface area (Å²) in [5, 5.41) is 11.6. The fourth-order valence-electron chi connectivity index (χ4n) is 12.8. The second-order valence-corrected chi connectivity index (χ2v) is 23.5. The lowest BCUT2D eigenvalue weighted by molar-refractivity contribution is 0.483. The van der Waals surface area contributed by atoms with Gasteiger partial charge in [-0.15, -0.1) is 0 Å². The number of hydrogen-bond acceptors (Lipinski definition) is 3. The number of ether oxygens (including phenoxy) is 1. The van der Waals surface area contributed by atoms with Crippen molar-refractivity contribution in [1.29, 1.82) is 0 Å². The van der Waals surface area contributed by atoms with Gasteiger partial charge in [0.1, 0.15) is 24.0 Å². The minimum absolute atomic E-state index is 0.0836. The molecule has 0 radical (unpaired) electrons. The normalized spacial score (nSPS) is 13.0. The number of hydrogen-bond donors (Lipinski definition) is 0. The molecule has 4 aromatic heterocycles. The molecule has 0 spiro atoms. The van der Waals surface area contributed by atoms with E-state index in [2.05, 4.69) is 272 Å². The van der Waals surface area contributed by atoms with Gasteiger partial charge in [-0.3, -0.25) is 4.57 Å². The van der Waals surface area contributed by atoms with E-state index >= 15 is 0 Å². The molecular weight excluding hydrogens is 975 g/mol. The minimum Gasteiger partial charge on any atom is -0.457 e. The Bertz CT molecular complexity index is 4950. The van der Waals surface area contributed by atoms with Crippen molar-refractivity contribution in [3.05, 3.63) is 248 Å². The molecule has 0 unspecified atom stereocenters. The van der Waals surface area contributed by atoms with Gasteiger partial charge in [0.05, 0.1) is 45.8 Å². The van der Waals surface area contributed by atoms with Crippen molar-refractivity contribution in [1.82, 2.24) is 18.7 Å². The fraction of sp³-hybridized carbons (Fsp3) is 0.122. The van der Waals surface area contributed by atoms with E-state index in [9.17, 15) is 0 Å². The van der Waals surface area contributed by atoms with E-state index in [-0.39, 0.29) is 10.8 Å². The van der Waals surface area contributed by atoms with Gasteiger partial charge in [0.15, 0.2) is 0 Å². The highest BCUT2D eigenvalue weighted by Crippen LogP contribution is 2.47. The van der Waals surface area contributed by atoms with E-state index in [1.54, 1.807) is 0 Å². The molecule has 80 heavy (non-hydrogen) atoms. The molecule has 1 aliphatic rings. The minimum atomic E-state index is -0.149. The highest BCUT2D eigenvalue weighted by molar-refractivity contribution is 6.22. The van der Waals surface area contributed by atoms with E-state index in [0.717, 1.165) is 105 Å². The Balaban J connectivity index is 0.956. The van der Waals surface area contributed by atoms with Crippen LogP contribution in [0.4, 0.5) is 11.4 Å². The standard InChI is InChI=1S/C74H59N5O/c1-73(2,3)48-22-17-21-47(41-48)53-32-19-33-60-56-27-9-7-25-54(56)55-26-8-10-28-57(55)61-34-20-38-66-72(61)77(71(53)60)46-76(66)50-23-18-24-51(43-50)80-52-44-67(78-63-35-14-11-29-58(63)59-30-12-15-36-64(59)78)70-62-31-13-16-37-65(62)79(68(70)45-52)69-42-49(39-40-75-69)74(4,5)6/h7-45H,46H2,1-6H3/i17D. The lowest BCUT2D eigenvalue weighted by Crippen LogP contribution is -2.15. The predicted molar refractivity (Wildman–Crippen MR) is 336 cm³/mol. The Hall–Kier alpha value is -9.65. The van der Waals surface area contributed by atoms with Gasteiger partial charge in [0, 0.05) is 68.0 Å². The largest absolute Gasteiger partial charge is 0.457 e. The van der Waals surface area contributed by atoms with Crippen LogP contribution in [-0.4, -0.2) is 18.7 Å². The Kier molecular flexibility index (Phi) is 10.4. The zero-order valence-electron chi connectivity index (χ0n) is 46.8. The number of para-hydroxylation sites is 5. The number of benzene rings is 10. The van der Waals surface area contributed by atoms with E-state index in [0.29, 0.717) is 18.5 Å². The van der Waals surface area contributed by atoms with E-state index in [1.165, 1.54) is 32.5 Å². The number of rotatable bonds is 6. The second kappa shape index (κ2) is 17.9. The first-order valence-corrected chi connectivity index (χ1v) is 27.8. The third-order valence-electron chi connectivity index (χ3n) is 16.6. The molecule has 386 valence electrons. The molecule has 1 aliphatic heterocycles. The maximum Gasteiger partial charge on any atom is 0.137 e. The van der Waals surface area contributed by atoms with Crippen LogP contribution < -0.4 is 9.64 Å². The van der Waals surface area contributed by atoms with Crippen molar-refractivity contribution >= 4 is 98.3 Å². The molecule has 0 aliphatic carbocycles. The summed E-state index contributed by atoms with van der Waals surface area (Å²) in [6.07, 6.45) is 1.94. The lowest BCUT2D eigenvalue weighted by atomic mass is 9.85. The monoisotopic (exact) mass is 1030 g/mol. The smallest absolute Gasteiger partial charge is 0.137 e. The van der Waals surface area contributed by atoms with Crippen molar-refractivity contribution in [2.24, 2.45) is 0 Å². The van der Waals surface area contributed by atoms with Crippen LogP contribution in [0.2, 0.25) is 0 Å². The van der Waals surface area contributed by atoms with Crippen LogP contribution in [0.1, 0.15) is 54.0 Å². The third kappa shape index (κ3) is 7.50. The topological polar surface area (TPSA) is 40.1 Å². The summed E-state index contributed by atoms with van der Waals surface area (Å²) in [4.78, 5) is 7.52. The predicted octanol–water partition coefficient (Wildman–Crippen LogP) is 20.0. The van der Waals surface area contributed by atoms with Gasteiger partial charge in [-0.25, -0.2) is 4.98 Å². The zero-order valence-corrected chi connectivity index (χ0v) is 45.8. The van der Waals surface area contributed by atoms with E-state index < -0.39 is 0 Å². The maximum atomic E-state index is 9.15. The highest BCUT2D eigenvalue weighted by Gasteiger charge is 2.28. The van der Waals surface area contributed by atoms with Crippen molar-refractivity contribution in [2.75, 3.05) is 4.90 Å². The number of pyridine rings is 1. The maximum absolute atomic E-state index is 9.15. The molecule has 0 atom stereocenters. The van der Waals surface area contributed by atoms with Gasteiger partial charge in [0.2, 0.25) is 0 Å². The average Bonchev–Trinajstić information content (AvgIpc) is 4.05. The number of aromatic nitrogens is 4.